The second-order valence-electron chi connectivity index (χ2n) is 4.26. The predicted molar refractivity (Wildman–Crippen MR) is 78.4 cm³/mol. The second kappa shape index (κ2) is 5.80. The maximum absolute atomic E-state index is 12.3. The van der Waals surface area contributed by atoms with Crippen molar-refractivity contribution >= 4 is 33.4 Å². The molecule has 0 unspecified atom stereocenters. The topological polar surface area (TPSA) is 33.5 Å². The van der Waals surface area contributed by atoms with Gasteiger partial charge in [-0.3, -0.25) is 4.79 Å². The molecule has 5 heteroatoms. The van der Waals surface area contributed by atoms with Crippen molar-refractivity contribution < 1.29 is 9.21 Å². The third-order valence-electron chi connectivity index (χ3n) is 2.90. The number of amides is 1. The van der Waals surface area contributed by atoms with Crippen LogP contribution >= 0.6 is 27.5 Å². The van der Waals surface area contributed by atoms with Gasteiger partial charge < -0.3 is 9.32 Å². The zero-order chi connectivity index (χ0) is 14.0. The third kappa shape index (κ3) is 3.01. The van der Waals surface area contributed by atoms with Gasteiger partial charge in [-0.1, -0.05) is 17.7 Å². The minimum Gasteiger partial charge on any atom is -0.469 e. The summed E-state index contributed by atoms with van der Waals surface area (Å²) in [4.78, 5) is 14.0. The number of rotatable bonds is 3. The Balaban J connectivity index is 2.20. The van der Waals surface area contributed by atoms with E-state index in [1.54, 1.807) is 36.4 Å². The largest absolute Gasteiger partial charge is 0.469 e. The lowest BCUT2D eigenvalue weighted by atomic mass is 10.2. The summed E-state index contributed by atoms with van der Waals surface area (Å²) in [6, 6.07) is 7.18. The molecule has 2 rings (SSSR count). The fraction of sp³-hybridized carbons (Fsp3) is 0.214. The van der Waals surface area contributed by atoms with E-state index in [4.69, 9.17) is 16.0 Å². The molecular weight excluding hydrogens is 330 g/mol. The summed E-state index contributed by atoms with van der Waals surface area (Å²) in [6.07, 6.45) is 1.62. The number of furan rings is 1. The standard InChI is InChI=1S/C14H13BrClNO2/c1-9-10(6-7-19-9)8-17(2)14(18)11-4-3-5-12(15)13(11)16/h3-7H,8H2,1-2H3. The molecule has 1 heterocycles. The van der Waals surface area contributed by atoms with Crippen molar-refractivity contribution in [3.05, 3.63) is 56.9 Å². The molecule has 100 valence electrons. The van der Waals surface area contributed by atoms with Crippen molar-refractivity contribution in [2.45, 2.75) is 13.5 Å². The SMILES string of the molecule is Cc1occc1CN(C)C(=O)c1cccc(Br)c1Cl. The number of carbonyl (C=O) groups excluding carboxylic acids is 1. The normalized spacial score (nSPS) is 10.5. The Labute approximate surface area is 125 Å². The van der Waals surface area contributed by atoms with Crippen molar-refractivity contribution in [1.82, 2.24) is 4.90 Å². The highest BCUT2D eigenvalue weighted by Crippen LogP contribution is 2.27. The molecule has 0 atom stereocenters. The van der Waals surface area contributed by atoms with Crippen LogP contribution in [-0.2, 0) is 6.54 Å². The van der Waals surface area contributed by atoms with E-state index in [0.717, 1.165) is 11.3 Å². The minimum absolute atomic E-state index is 0.119. The van der Waals surface area contributed by atoms with Crippen LogP contribution in [0.4, 0.5) is 0 Å². The quantitative estimate of drug-likeness (QED) is 0.834. The molecule has 0 N–H and O–H groups in total. The number of nitrogens with zero attached hydrogens (tertiary/aromatic N) is 1. The third-order valence-corrected chi connectivity index (χ3v) is 4.20. The summed E-state index contributed by atoms with van der Waals surface area (Å²) in [5, 5.41) is 0.434. The molecule has 1 aromatic heterocycles. The number of benzene rings is 1. The molecule has 2 aromatic rings. The fourth-order valence-electron chi connectivity index (χ4n) is 1.78. The highest BCUT2D eigenvalue weighted by molar-refractivity contribution is 9.10. The van der Waals surface area contributed by atoms with Crippen molar-refractivity contribution in [2.24, 2.45) is 0 Å². The van der Waals surface area contributed by atoms with Crippen LogP contribution < -0.4 is 0 Å². The van der Waals surface area contributed by atoms with Crippen LogP contribution in [0.25, 0.3) is 0 Å². The van der Waals surface area contributed by atoms with Gasteiger partial charge in [0.1, 0.15) is 5.76 Å². The molecule has 0 spiro atoms. The van der Waals surface area contributed by atoms with E-state index in [-0.39, 0.29) is 5.91 Å². The average Bonchev–Trinajstić information content (AvgIpc) is 2.77. The lowest BCUT2D eigenvalue weighted by Crippen LogP contribution is -2.26. The van der Waals surface area contributed by atoms with Crippen LogP contribution in [-0.4, -0.2) is 17.9 Å². The van der Waals surface area contributed by atoms with E-state index in [2.05, 4.69) is 15.9 Å². The minimum atomic E-state index is -0.119. The van der Waals surface area contributed by atoms with Gasteiger partial charge in [-0.25, -0.2) is 0 Å². The molecule has 19 heavy (non-hydrogen) atoms. The van der Waals surface area contributed by atoms with Crippen LogP contribution in [0.2, 0.25) is 5.02 Å². The van der Waals surface area contributed by atoms with Crippen molar-refractivity contribution in [3.63, 3.8) is 0 Å². The number of hydrogen-bond donors (Lipinski definition) is 0. The molecular formula is C14H13BrClNO2. The van der Waals surface area contributed by atoms with E-state index < -0.39 is 0 Å². The Hall–Kier alpha value is -1.26. The molecule has 1 amide bonds. The lowest BCUT2D eigenvalue weighted by molar-refractivity contribution is 0.0785. The number of carbonyl (C=O) groups is 1. The van der Waals surface area contributed by atoms with Crippen molar-refractivity contribution in [2.75, 3.05) is 7.05 Å². The number of hydrogen-bond acceptors (Lipinski definition) is 2. The first-order chi connectivity index (χ1) is 9.00. The molecule has 0 fully saturated rings. The second-order valence-corrected chi connectivity index (χ2v) is 5.50. The Morgan fingerprint density at radius 1 is 1.42 bits per heavy atom. The van der Waals surface area contributed by atoms with Gasteiger partial charge in [0.05, 0.1) is 16.8 Å². The summed E-state index contributed by atoms with van der Waals surface area (Å²) in [6.45, 7) is 2.36. The summed E-state index contributed by atoms with van der Waals surface area (Å²) >= 11 is 9.45. The first kappa shape index (κ1) is 14.2. The van der Waals surface area contributed by atoms with Crippen LogP contribution in [0.15, 0.2) is 39.4 Å². The van der Waals surface area contributed by atoms with E-state index in [1.165, 1.54) is 0 Å². The van der Waals surface area contributed by atoms with Crippen LogP contribution in [0.1, 0.15) is 21.7 Å². The number of aryl methyl sites for hydroxylation is 1. The zero-order valence-corrected chi connectivity index (χ0v) is 13.0. The van der Waals surface area contributed by atoms with Crippen LogP contribution in [0, 0.1) is 6.92 Å². The van der Waals surface area contributed by atoms with Gasteiger partial charge in [0.25, 0.3) is 5.91 Å². The van der Waals surface area contributed by atoms with Gasteiger partial charge in [0, 0.05) is 23.6 Å². The van der Waals surface area contributed by atoms with Gasteiger partial charge >= 0.3 is 0 Å². The molecule has 0 aliphatic heterocycles. The molecule has 3 nitrogen and oxygen atoms in total. The van der Waals surface area contributed by atoms with Crippen LogP contribution in [0.3, 0.4) is 0 Å². The fourth-order valence-corrected chi connectivity index (χ4v) is 2.35. The first-order valence-corrected chi connectivity index (χ1v) is 6.90. The van der Waals surface area contributed by atoms with E-state index in [1.807, 2.05) is 13.0 Å². The smallest absolute Gasteiger partial charge is 0.255 e. The number of halogens is 2. The Morgan fingerprint density at radius 3 is 2.79 bits per heavy atom. The van der Waals surface area contributed by atoms with Crippen molar-refractivity contribution in [1.29, 1.82) is 0 Å². The molecule has 0 radical (unpaired) electrons. The average molecular weight is 343 g/mol. The van der Waals surface area contributed by atoms with E-state index in [0.29, 0.717) is 21.6 Å². The molecule has 0 saturated carbocycles. The maximum Gasteiger partial charge on any atom is 0.255 e. The Morgan fingerprint density at radius 2 is 2.16 bits per heavy atom. The Kier molecular flexibility index (Phi) is 4.32. The molecule has 0 aliphatic rings. The van der Waals surface area contributed by atoms with Crippen LogP contribution in [0.5, 0.6) is 0 Å². The van der Waals surface area contributed by atoms with Gasteiger partial charge in [0.15, 0.2) is 0 Å². The molecule has 0 aliphatic carbocycles. The zero-order valence-electron chi connectivity index (χ0n) is 10.6. The molecule has 0 bridgehead atoms. The molecule has 0 saturated heterocycles. The van der Waals surface area contributed by atoms with Gasteiger partial charge in [-0.15, -0.1) is 0 Å². The monoisotopic (exact) mass is 341 g/mol. The predicted octanol–water partition coefficient (Wildman–Crippen LogP) is 4.28. The summed E-state index contributed by atoms with van der Waals surface area (Å²) in [5.74, 6) is 0.701. The summed E-state index contributed by atoms with van der Waals surface area (Å²) < 4.78 is 5.94. The van der Waals surface area contributed by atoms with Gasteiger partial charge in [-0.2, -0.15) is 0 Å². The highest BCUT2D eigenvalue weighted by atomic mass is 79.9. The first-order valence-electron chi connectivity index (χ1n) is 5.73. The van der Waals surface area contributed by atoms with Gasteiger partial charge in [-0.05, 0) is 41.1 Å². The highest BCUT2D eigenvalue weighted by Gasteiger charge is 2.17. The maximum atomic E-state index is 12.3. The Bertz CT molecular complexity index is 609. The van der Waals surface area contributed by atoms with Crippen molar-refractivity contribution in [3.8, 4) is 0 Å². The van der Waals surface area contributed by atoms with Gasteiger partial charge in [0.2, 0.25) is 0 Å². The summed E-state index contributed by atoms with van der Waals surface area (Å²) in [5.41, 5.74) is 1.47. The van der Waals surface area contributed by atoms with E-state index >= 15 is 0 Å². The summed E-state index contributed by atoms with van der Waals surface area (Å²) in [7, 11) is 1.74. The van der Waals surface area contributed by atoms with E-state index in [9.17, 15) is 4.79 Å². The lowest BCUT2D eigenvalue weighted by Gasteiger charge is -2.17. The molecule has 1 aromatic carbocycles.